The molecule has 0 saturated carbocycles. The third-order valence-corrected chi connectivity index (χ3v) is 4.69. The van der Waals surface area contributed by atoms with Gasteiger partial charge in [-0.25, -0.2) is 13.1 Å². The highest BCUT2D eigenvalue weighted by molar-refractivity contribution is 7.89. The first kappa shape index (κ1) is 14.4. The zero-order valence-electron chi connectivity index (χ0n) is 11.2. The lowest BCUT2D eigenvalue weighted by Crippen LogP contribution is -2.36. The van der Waals surface area contributed by atoms with Gasteiger partial charge in [-0.1, -0.05) is 0 Å². The lowest BCUT2D eigenvalue weighted by atomic mass is 10.1. The molecule has 1 N–H and O–H groups in total. The van der Waals surface area contributed by atoms with Crippen LogP contribution in [0.4, 0.5) is 0 Å². The summed E-state index contributed by atoms with van der Waals surface area (Å²) >= 11 is 0. The highest BCUT2D eigenvalue weighted by Gasteiger charge is 2.25. The van der Waals surface area contributed by atoms with Crippen LogP contribution < -0.4 is 4.72 Å². The second-order valence-corrected chi connectivity index (χ2v) is 6.71. The monoisotopic (exact) mass is 288 g/mol. The Labute approximate surface area is 113 Å². The first-order valence-corrected chi connectivity index (χ1v) is 8.08. The maximum Gasteiger partial charge on any atom is 0.214 e. The minimum Gasteiger partial charge on any atom is -0.377 e. The molecule has 1 aliphatic heterocycles. The van der Waals surface area contributed by atoms with Crippen molar-refractivity contribution < 1.29 is 13.2 Å². The lowest BCUT2D eigenvalue weighted by molar-refractivity contribution is 0.0303. The summed E-state index contributed by atoms with van der Waals surface area (Å²) in [5.74, 6) is 0.600. The average molecular weight is 288 g/mol. The summed E-state index contributed by atoms with van der Waals surface area (Å²) < 4.78 is 33.9. The first-order valence-electron chi connectivity index (χ1n) is 6.43. The molecular weight excluding hydrogens is 268 g/mol. The number of nitrogens with one attached hydrogen (secondary N) is 1. The summed E-state index contributed by atoms with van der Waals surface area (Å²) in [6.07, 6.45) is 4.19. The van der Waals surface area contributed by atoms with E-state index in [-0.39, 0.29) is 11.9 Å². The molecule has 0 amide bonds. The minimum absolute atomic E-state index is 0.00912. The second-order valence-electron chi connectivity index (χ2n) is 4.91. The average Bonchev–Trinajstić information content (AvgIpc) is 2.75. The first-order chi connectivity index (χ1) is 8.98. The van der Waals surface area contributed by atoms with Crippen LogP contribution in [0.5, 0.6) is 0 Å². The van der Waals surface area contributed by atoms with E-state index in [1.807, 2.05) is 0 Å². The summed E-state index contributed by atoms with van der Waals surface area (Å²) in [6, 6.07) is -0.402. The van der Waals surface area contributed by atoms with Crippen LogP contribution in [0.15, 0.2) is 6.33 Å². The maximum atomic E-state index is 12.1. The molecule has 2 atom stereocenters. The second kappa shape index (κ2) is 5.98. The van der Waals surface area contributed by atoms with E-state index in [4.69, 9.17) is 4.74 Å². The van der Waals surface area contributed by atoms with Gasteiger partial charge in [-0.2, -0.15) is 0 Å². The molecule has 1 fully saturated rings. The van der Waals surface area contributed by atoms with E-state index in [1.165, 1.54) is 0 Å². The van der Waals surface area contributed by atoms with Crippen molar-refractivity contribution in [1.82, 2.24) is 19.5 Å². The number of nitrogens with zero attached hydrogens (tertiary/aromatic N) is 3. The van der Waals surface area contributed by atoms with Crippen molar-refractivity contribution in [2.45, 2.75) is 38.3 Å². The maximum absolute atomic E-state index is 12.1. The molecule has 108 valence electrons. The van der Waals surface area contributed by atoms with E-state index in [1.54, 1.807) is 24.9 Å². The van der Waals surface area contributed by atoms with E-state index in [0.717, 1.165) is 19.3 Å². The highest BCUT2D eigenvalue weighted by atomic mass is 32.2. The molecule has 0 radical (unpaired) electrons. The number of hydrogen-bond donors (Lipinski definition) is 1. The van der Waals surface area contributed by atoms with Gasteiger partial charge in [0.2, 0.25) is 10.0 Å². The molecule has 7 nitrogen and oxygen atoms in total. The predicted molar refractivity (Wildman–Crippen MR) is 69.9 cm³/mol. The van der Waals surface area contributed by atoms with Crippen LogP contribution in [-0.4, -0.2) is 41.6 Å². The Morgan fingerprint density at radius 3 is 2.95 bits per heavy atom. The van der Waals surface area contributed by atoms with E-state index < -0.39 is 16.1 Å². The minimum atomic E-state index is -3.38. The molecule has 1 aliphatic rings. The molecule has 0 aromatic carbocycles. The summed E-state index contributed by atoms with van der Waals surface area (Å²) in [6.45, 7) is 2.41. The van der Waals surface area contributed by atoms with Crippen molar-refractivity contribution in [2.24, 2.45) is 7.05 Å². The fourth-order valence-electron chi connectivity index (χ4n) is 2.24. The molecule has 1 aromatic rings. The van der Waals surface area contributed by atoms with Crippen molar-refractivity contribution in [3.05, 3.63) is 12.2 Å². The Morgan fingerprint density at radius 1 is 1.58 bits per heavy atom. The van der Waals surface area contributed by atoms with E-state index >= 15 is 0 Å². The van der Waals surface area contributed by atoms with Gasteiger partial charge in [0.1, 0.15) is 12.2 Å². The van der Waals surface area contributed by atoms with Gasteiger partial charge in [-0.15, -0.1) is 10.2 Å². The summed E-state index contributed by atoms with van der Waals surface area (Å²) in [7, 11) is -1.60. The van der Waals surface area contributed by atoms with Gasteiger partial charge < -0.3 is 9.30 Å². The normalized spacial score (nSPS) is 22.3. The molecule has 0 aliphatic carbocycles. The highest BCUT2D eigenvalue weighted by Crippen LogP contribution is 2.15. The van der Waals surface area contributed by atoms with Gasteiger partial charge in [0.05, 0.1) is 17.9 Å². The van der Waals surface area contributed by atoms with Crippen molar-refractivity contribution >= 4 is 10.0 Å². The van der Waals surface area contributed by atoms with E-state index in [9.17, 15) is 8.42 Å². The van der Waals surface area contributed by atoms with Gasteiger partial charge in [0, 0.05) is 13.7 Å². The fourth-order valence-corrected chi connectivity index (χ4v) is 3.73. The van der Waals surface area contributed by atoms with Gasteiger partial charge in [0.25, 0.3) is 0 Å². The summed E-state index contributed by atoms with van der Waals surface area (Å²) in [5.41, 5.74) is 0. The SMILES string of the molecule is CC(NS(=O)(=O)CC1CCCCO1)c1nncn1C. The third kappa shape index (κ3) is 3.99. The largest absolute Gasteiger partial charge is 0.377 e. The number of rotatable bonds is 5. The topological polar surface area (TPSA) is 86.1 Å². The fraction of sp³-hybridized carbons (Fsp3) is 0.818. The Balaban J connectivity index is 1.95. The van der Waals surface area contributed by atoms with E-state index in [2.05, 4.69) is 14.9 Å². The molecule has 2 heterocycles. The zero-order valence-corrected chi connectivity index (χ0v) is 12.1. The van der Waals surface area contributed by atoms with Crippen LogP contribution in [-0.2, 0) is 21.8 Å². The zero-order chi connectivity index (χ0) is 13.9. The Hall–Kier alpha value is -0.990. The van der Waals surface area contributed by atoms with Crippen LogP contribution in [0.3, 0.4) is 0 Å². The van der Waals surface area contributed by atoms with Crippen molar-refractivity contribution in [3.63, 3.8) is 0 Å². The Morgan fingerprint density at radius 2 is 2.37 bits per heavy atom. The number of ether oxygens (including phenoxy) is 1. The molecule has 19 heavy (non-hydrogen) atoms. The Bertz CT molecular complexity index is 508. The molecule has 2 unspecified atom stereocenters. The van der Waals surface area contributed by atoms with Gasteiger partial charge in [-0.05, 0) is 26.2 Å². The molecule has 0 bridgehead atoms. The lowest BCUT2D eigenvalue weighted by Gasteiger charge is -2.23. The Kier molecular flexibility index (Phi) is 4.54. The summed E-state index contributed by atoms with van der Waals surface area (Å²) in [5, 5.41) is 7.64. The number of aryl methyl sites for hydroxylation is 1. The van der Waals surface area contributed by atoms with Crippen LogP contribution in [0.25, 0.3) is 0 Å². The van der Waals surface area contributed by atoms with Crippen molar-refractivity contribution in [1.29, 1.82) is 0 Å². The molecule has 0 spiro atoms. The number of sulfonamides is 1. The number of aromatic nitrogens is 3. The third-order valence-electron chi connectivity index (χ3n) is 3.17. The van der Waals surface area contributed by atoms with Crippen LogP contribution >= 0.6 is 0 Å². The quantitative estimate of drug-likeness (QED) is 0.845. The van der Waals surface area contributed by atoms with Crippen LogP contribution in [0.1, 0.15) is 38.1 Å². The molecule has 1 saturated heterocycles. The van der Waals surface area contributed by atoms with Gasteiger partial charge >= 0.3 is 0 Å². The number of hydrogen-bond acceptors (Lipinski definition) is 5. The standard InChI is InChI=1S/C11H20N4O3S/c1-9(11-13-12-8-15(11)2)14-19(16,17)7-10-5-3-4-6-18-10/h8-10,14H,3-7H2,1-2H3. The van der Waals surface area contributed by atoms with Crippen molar-refractivity contribution in [3.8, 4) is 0 Å². The van der Waals surface area contributed by atoms with Gasteiger partial charge in [0.15, 0.2) is 0 Å². The predicted octanol–water partition coefficient (Wildman–Crippen LogP) is 0.365. The molecule has 2 rings (SSSR count). The molecular formula is C11H20N4O3S. The molecule has 8 heteroatoms. The van der Waals surface area contributed by atoms with Gasteiger partial charge in [-0.3, -0.25) is 0 Å². The summed E-state index contributed by atoms with van der Waals surface area (Å²) in [4.78, 5) is 0. The van der Waals surface area contributed by atoms with Crippen molar-refractivity contribution in [2.75, 3.05) is 12.4 Å². The molecule has 1 aromatic heterocycles. The van der Waals surface area contributed by atoms with Crippen LogP contribution in [0.2, 0.25) is 0 Å². The van der Waals surface area contributed by atoms with Crippen LogP contribution in [0, 0.1) is 0 Å². The van der Waals surface area contributed by atoms with E-state index in [0.29, 0.717) is 12.4 Å². The smallest absolute Gasteiger partial charge is 0.214 e.